The van der Waals surface area contributed by atoms with Crippen LogP contribution in [0.3, 0.4) is 0 Å². The van der Waals surface area contributed by atoms with E-state index >= 15 is 0 Å². The molecule has 0 saturated heterocycles. The average molecular weight is 578 g/mol. The van der Waals surface area contributed by atoms with Gasteiger partial charge >= 0.3 is 0 Å². The molecular weight excluding hydrogens is 551 g/mol. The lowest BCUT2D eigenvalue weighted by Gasteiger charge is -2.40. The number of aryl methyl sites for hydroxylation is 3. The van der Waals surface area contributed by atoms with Gasteiger partial charge in [-0.25, -0.2) is 14.7 Å². The summed E-state index contributed by atoms with van der Waals surface area (Å²) in [6.07, 6.45) is 0. The van der Waals surface area contributed by atoms with E-state index in [2.05, 4.69) is 48.3 Å². The molecule has 1 aromatic heterocycles. The predicted octanol–water partition coefficient (Wildman–Crippen LogP) is 8.90. The van der Waals surface area contributed by atoms with Gasteiger partial charge in [0.15, 0.2) is 17.5 Å². The van der Waals surface area contributed by atoms with Gasteiger partial charge in [-0.05, 0) is 79.9 Å². The maximum atomic E-state index is 6.61. The van der Waals surface area contributed by atoms with E-state index in [1.165, 1.54) is 0 Å². The van der Waals surface area contributed by atoms with Crippen molar-refractivity contribution in [3.8, 4) is 5.69 Å². The third-order valence-corrected chi connectivity index (χ3v) is 8.28. The summed E-state index contributed by atoms with van der Waals surface area (Å²) >= 11 is 13.0. The number of hydrogen-bond donors (Lipinski definition) is 1. The van der Waals surface area contributed by atoms with Crippen molar-refractivity contribution in [2.45, 2.75) is 26.8 Å². The zero-order valence-electron chi connectivity index (χ0n) is 22.7. The second kappa shape index (κ2) is 9.91. The third-order valence-electron chi connectivity index (χ3n) is 7.54. The van der Waals surface area contributed by atoms with Gasteiger partial charge in [0.25, 0.3) is 0 Å². The van der Waals surface area contributed by atoms with Crippen molar-refractivity contribution >= 4 is 57.8 Å². The second-order valence-electron chi connectivity index (χ2n) is 10.3. The van der Waals surface area contributed by atoms with E-state index in [0.717, 1.165) is 56.5 Å². The molecule has 0 fully saturated rings. The van der Waals surface area contributed by atoms with Crippen LogP contribution in [-0.2, 0) is 0 Å². The standard InChI is InChI=1S/C33H26Cl2N6/c1-19-13-14-20(2)27(17-19)37-31-33-38-32-29(21(3)39-41(32)23-9-5-4-6-10-23)30(22-15-16-24(34)25(35)18-22)40(33)28-12-8-7-11-26(28)36-31/h4-18,30H,1-3H3,(H,36,37). The molecule has 202 valence electrons. The molecule has 2 aliphatic heterocycles. The van der Waals surface area contributed by atoms with Crippen molar-refractivity contribution in [1.82, 2.24) is 9.78 Å². The third kappa shape index (κ3) is 4.31. The Morgan fingerprint density at radius 3 is 2.37 bits per heavy atom. The molecule has 0 saturated carbocycles. The first-order valence-corrected chi connectivity index (χ1v) is 14.1. The molecule has 41 heavy (non-hydrogen) atoms. The second-order valence-corrected chi connectivity index (χ2v) is 11.2. The number of nitrogens with one attached hydrogen (secondary N) is 1. The molecule has 1 atom stereocenters. The lowest BCUT2D eigenvalue weighted by atomic mass is 9.93. The first kappa shape index (κ1) is 25.6. The Balaban J connectivity index is 1.51. The molecule has 0 amide bonds. The lowest BCUT2D eigenvalue weighted by molar-refractivity contribution is 0.815. The summed E-state index contributed by atoms with van der Waals surface area (Å²) in [5.41, 5.74) is 8.84. The van der Waals surface area contributed by atoms with Crippen LogP contribution in [0.4, 0.5) is 22.9 Å². The van der Waals surface area contributed by atoms with E-state index in [-0.39, 0.29) is 6.04 Å². The Labute approximate surface area is 248 Å². The fraction of sp³-hybridized carbons (Fsp3) is 0.121. The highest BCUT2D eigenvalue weighted by Crippen LogP contribution is 2.48. The predicted molar refractivity (Wildman–Crippen MR) is 169 cm³/mol. The first-order valence-electron chi connectivity index (χ1n) is 13.4. The molecular formula is C33H26Cl2N6. The Kier molecular flexibility index (Phi) is 6.18. The van der Waals surface area contributed by atoms with Crippen LogP contribution in [-0.4, -0.2) is 21.5 Å². The Morgan fingerprint density at radius 2 is 1.56 bits per heavy atom. The fourth-order valence-corrected chi connectivity index (χ4v) is 5.85. The van der Waals surface area contributed by atoms with Gasteiger partial charge in [0, 0.05) is 11.3 Å². The van der Waals surface area contributed by atoms with E-state index in [4.69, 9.17) is 38.3 Å². The molecule has 5 aromatic rings. The van der Waals surface area contributed by atoms with Crippen molar-refractivity contribution in [3.05, 3.63) is 129 Å². The van der Waals surface area contributed by atoms with E-state index in [0.29, 0.717) is 21.7 Å². The minimum Gasteiger partial charge on any atom is -0.337 e. The number of halogens is 2. The SMILES string of the molecule is Cc1ccc(C)c(NC2=Nc3ccccc3N3C2=Nc2c(c(C)nn2-c2ccccc2)C3c2ccc(Cl)c(Cl)c2)c1. The minimum absolute atomic E-state index is 0.281. The Hall–Kier alpha value is -4.39. The highest BCUT2D eigenvalue weighted by atomic mass is 35.5. The summed E-state index contributed by atoms with van der Waals surface area (Å²) in [6, 6.07) is 30.1. The Bertz CT molecular complexity index is 1890. The molecule has 6 nitrogen and oxygen atoms in total. The van der Waals surface area contributed by atoms with Gasteiger partial charge in [-0.2, -0.15) is 5.10 Å². The number of hydrogen-bond acceptors (Lipinski definition) is 5. The van der Waals surface area contributed by atoms with Crippen LogP contribution in [0.5, 0.6) is 0 Å². The molecule has 0 spiro atoms. The van der Waals surface area contributed by atoms with Crippen molar-refractivity contribution in [3.63, 3.8) is 0 Å². The van der Waals surface area contributed by atoms with Gasteiger partial charge < -0.3 is 10.2 Å². The van der Waals surface area contributed by atoms with Crippen molar-refractivity contribution in [2.75, 3.05) is 10.2 Å². The summed E-state index contributed by atoms with van der Waals surface area (Å²) in [5.74, 6) is 2.11. The summed E-state index contributed by atoms with van der Waals surface area (Å²) in [7, 11) is 0. The maximum Gasteiger partial charge on any atom is 0.179 e. The first-order chi connectivity index (χ1) is 19.9. The van der Waals surface area contributed by atoms with E-state index in [1.807, 2.05) is 78.3 Å². The molecule has 3 heterocycles. The number of fused-ring (bicyclic) bond motifs is 4. The molecule has 0 aliphatic carbocycles. The number of benzene rings is 4. The fourth-order valence-electron chi connectivity index (χ4n) is 5.54. The molecule has 0 bridgehead atoms. The normalized spacial score (nSPS) is 15.4. The lowest BCUT2D eigenvalue weighted by Crippen LogP contribution is -2.46. The average Bonchev–Trinajstić information content (AvgIpc) is 3.32. The van der Waals surface area contributed by atoms with Crippen LogP contribution in [0, 0.1) is 20.8 Å². The van der Waals surface area contributed by atoms with Crippen LogP contribution in [0.25, 0.3) is 5.69 Å². The van der Waals surface area contributed by atoms with Crippen LogP contribution >= 0.6 is 23.2 Å². The number of para-hydroxylation sites is 3. The molecule has 1 unspecified atom stereocenters. The smallest absolute Gasteiger partial charge is 0.179 e. The van der Waals surface area contributed by atoms with Gasteiger partial charge in [0.05, 0.1) is 38.8 Å². The summed E-state index contributed by atoms with van der Waals surface area (Å²) < 4.78 is 1.91. The maximum absolute atomic E-state index is 6.61. The zero-order valence-corrected chi connectivity index (χ0v) is 24.2. The van der Waals surface area contributed by atoms with Crippen molar-refractivity contribution in [1.29, 1.82) is 0 Å². The molecule has 7 rings (SSSR count). The quantitative estimate of drug-likeness (QED) is 0.233. The monoisotopic (exact) mass is 576 g/mol. The largest absolute Gasteiger partial charge is 0.337 e. The van der Waals surface area contributed by atoms with Crippen LogP contribution < -0.4 is 10.2 Å². The summed E-state index contributed by atoms with van der Waals surface area (Å²) in [5, 5.41) is 9.62. The minimum atomic E-state index is -0.281. The van der Waals surface area contributed by atoms with Gasteiger partial charge in [0.1, 0.15) is 0 Å². The van der Waals surface area contributed by atoms with E-state index in [9.17, 15) is 0 Å². The molecule has 4 aromatic carbocycles. The highest BCUT2D eigenvalue weighted by molar-refractivity contribution is 6.51. The van der Waals surface area contributed by atoms with Gasteiger partial charge in [-0.15, -0.1) is 0 Å². The highest BCUT2D eigenvalue weighted by Gasteiger charge is 2.41. The van der Waals surface area contributed by atoms with E-state index < -0.39 is 0 Å². The Morgan fingerprint density at radius 1 is 0.780 bits per heavy atom. The number of amidine groups is 2. The number of aliphatic imine (C=N–C) groups is 2. The molecule has 8 heteroatoms. The van der Waals surface area contributed by atoms with Gasteiger partial charge in [-0.1, -0.05) is 71.7 Å². The summed E-state index contributed by atoms with van der Waals surface area (Å²) in [6.45, 7) is 6.20. The van der Waals surface area contributed by atoms with Gasteiger partial charge in [0.2, 0.25) is 0 Å². The van der Waals surface area contributed by atoms with E-state index in [1.54, 1.807) is 0 Å². The van der Waals surface area contributed by atoms with Crippen LogP contribution in [0.15, 0.2) is 101 Å². The van der Waals surface area contributed by atoms with Crippen LogP contribution in [0.1, 0.15) is 34.0 Å². The summed E-state index contributed by atoms with van der Waals surface area (Å²) in [4.78, 5) is 12.6. The number of aromatic nitrogens is 2. The molecule has 1 N–H and O–H groups in total. The number of anilines is 2. The van der Waals surface area contributed by atoms with Gasteiger partial charge in [-0.3, -0.25) is 0 Å². The molecule has 2 aliphatic rings. The zero-order chi connectivity index (χ0) is 28.2. The topological polar surface area (TPSA) is 57.8 Å². The number of nitrogens with zero attached hydrogens (tertiary/aromatic N) is 5. The number of rotatable bonds is 3. The van der Waals surface area contributed by atoms with Crippen molar-refractivity contribution in [2.24, 2.45) is 9.98 Å². The van der Waals surface area contributed by atoms with Crippen molar-refractivity contribution < 1.29 is 0 Å². The molecule has 0 radical (unpaired) electrons. The van der Waals surface area contributed by atoms with Crippen LogP contribution in [0.2, 0.25) is 10.0 Å².